The number of hydrogen-bond acceptors (Lipinski definition) is 6. The smallest absolute Gasteiger partial charge is 0.243 e. The van der Waals surface area contributed by atoms with Gasteiger partial charge in [-0.2, -0.15) is 0 Å². The van der Waals surface area contributed by atoms with Gasteiger partial charge in [-0.05, 0) is 49.8 Å². The molecule has 226 valence electrons. The maximum Gasteiger partial charge on any atom is 0.243 e. The van der Waals surface area contributed by atoms with Crippen LogP contribution >= 0.6 is 11.3 Å². The molecule has 3 amide bonds. The zero-order valence-electron chi connectivity index (χ0n) is 25.0. The van der Waals surface area contributed by atoms with E-state index < -0.39 is 17.5 Å². The molecule has 2 heterocycles. The van der Waals surface area contributed by atoms with E-state index in [1.165, 1.54) is 0 Å². The van der Waals surface area contributed by atoms with Crippen LogP contribution in [0.3, 0.4) is 0 Å². The fourth-order valence-electron chi connectivity index (χ4n) is 4.49. The Morgan fingerprint density at radius 1 is 1.18 bits per heavy atom. The predicted octanol–water partition coefficient (Wildman–Crippen LogP) is 5.53. The van der Waals surface area contributed by atoms with Gasteiger partial charge in [-0.25, -0.2) is 4.98 Å². The fourth-order valence-corrected chi connectivity index (χ4v) is 5.30. The molecule has 10 heteroatoms. The Labute approximate surface area is 272 Å². The monoisotopic (exact) mass is 800 g/mol. The van der Waals surface area contributed by atoms with E-state index in [2.05, 4.69) is 15.6 Å². The Balaban J connectivity index is -0.00000261. The average molecular weight is 801 g/mol. The molecule has 40 heavy (non-hydrogen) atoms. The first-order valence-electron chi connectivity index (χ1n) is 13.9. The number of amides is 3. The molecule has 4 N–H and O–H groups in total. The molecule has 2 aromatic rings. The molecule has 0 bridgehead atoms. The average Bonchev–Trinajstić information content (AvgIpc) is 3.57. The zero-order chi connectivity index (χ0) is 29.2. The summed E-state index contributed by atoms with van der Waals surface area (Å²) in [5, 5.41) is 6.00. The Morgan fingerprint density at radius 3 is 2.38 bits per heavy atom. The topological polar surface area (TPSA) is 117 Å². The van der Waals surface area contributed by atoms with Gasteiger partial charge < -0.3 is 27.7 Å². The van der Waals surface area contributed by atoms with Crippen LogP contribution in [0.5, 0.6) is 0 Å². The molecular formula is C30H52N5O3SU-. The summed E-state index contributed by atoms with van der Waals surface area (Å²) in [4.78, 5) is 46.4. The number of carbonyl (C=O) groups is 3. The standard InChI is InChI=1S/C28H40N5O3S.C2H6.U.3H2/c1-18(20-11-13-21(14-12-20)24-19(2)30-17-37-24)31-26(35)22-9-8-16-33(22)27(36)25(28(3,4)5)32-23(34)10-6-7-15-29;1-2;;;;/h8,11-14,17-18,22,25H,6-7,9-10,15-16,29H2,1-5H3,(H,31,35)(H,32,34);1-2H3;;3*1H/q-1;;;;;/t18-,22-,25+;;;;;/m0...../s1. The molecule has 3 rings (SSSR count). The van der Waals surface area contributed by atoms with Crippen LogP contribution in [0, 0.1) is 49.9 Å². The predicted molar refractivity (Wildman–Crippen MR) is 165 cm³/mol. The Hall–Kier alpha value is -1.73. The molecule has 0 unspecified atom stereocenters. The van der Waals surface area contributed by atoms with Gasteiger partial charge in [-0.3, -0.25) is 14.4 Å². The second-order valence-electron chi connectivity index (χ2n) is 10.8. The van der Waals surface area contributed by atoms with E-state index >= 15 is 0 Å². The van der Waals surface area contributed by atoms with Crippen molar-refractivity contribution in [2.75, 3.05) is 13.1 Å². The molecular weight excluding hydrogens is 748 g/mol. The van der Waals surface area contributed by atoms with Crippen LogP contribution in [-0.4, -0.2) is 52.8 Å². The largest absolute Gasteiger partial charge is 0.361 e. The van der Waals surface area contributed by atoms with Gasteiger partial charge in [0.15, 0.2) is 0 Å². The number of nitrogens with two attached hydrogens (primary N) is 1. The second-order valence-corrected chi connectivity index (χ2v) is 11.6. The first kappa shape index (κ1) is 36.3. The van der Waals surface area contributed by atoms with Crippen molar-refractivity contribution >= 4 is 29.1 Å². The van der Waals surface area contributed by atoms with Crippen LogP contribution in [-0.2, 0) is 14.4 Å². The number of aromatic nitrogens is 1. The Kier molecular flexibility index (Phi) is 15.7. The number of thiazole rings is 1. The van der Waals surface area contributed by atoms with Gasteiger partial charge in [0.05, 0.1) is 28.2 Å². The fraction of sp³-hybridized carbons (Fsp3) is 0.567. The van der Waals surface area contributed by atoms with Crippen molar-refractivity contribution in [2.45, 2.75) is 92.3 Å². The third kappa shape index (κ3) is 9.97. The number of benzene rings is 1. The summed E-state index contributed by atoms with van der Waals surface area (Å²) in [5.74, 6) is -0.596. The van der Waals surface area contributed by atoms with Crippen molar-refractivity contribution in [1.29, 1.82) is 0 Å². The molecule has 1 fully saturated rings. The van der Waals surface area contributed by atoms with Crippen LogP contribution in [0.25, 0.3) is 10.4 Å². The SMILES string of the molecule is CC.Cc1ncsc1-c1ccc([C@H](C)NC(=O)[C@@H]2C[CH-]CN2C(=O)[C@@H](NC(=O)CCCCN)C(C)(C)C)cc1.[HH].[HH].[HH].[U]. The van der Waals surface area contributed by atoms with Crippen LogP contribution < -0.4 is 16.4 Å². The van der Waals surface area contributed by atoms with Crippen molar-refractivity contribution < 1.29 is 49.8 Å². The zero-order valence-corrected chi connectivity index (χ0v) is 30.0. The Morgan fingerprint density at radius 2 is 1.82 bits per heavy atom. The molecule has 8 nitrogen and oxygen atoms in total. The van der Waals surface area contributed by atoms with E-state index in [0.717, 1.165) is 28.1 Å². The third-order valence-electron chi connectivity index (χ3n) is 6.73. The van der Waals surface area contributed by atoms with Crippen molar-refractivity contribution in [3.63, 3.8) is 0 Å². The number of hydrogen-bond donors (Lipinski definition) is 3. The number of carbonyl (C=O) groups excluding carboxylic acids is 3. The molecule has 0 radical (unpaired) electrons. The number of likely N-dealkylation sites (tertiary alicyclic amines) is 1. The van der Waals surface area contributed by atoms with Crippen molar-refractivity contribution in [1.82, 2.24) is 20.5 Å². The first-order valence-corrected chi connectivity index (χ1v) is 14.8. The van der Waals surface area contributed by atoms with E-state index in [9.17, 15) is 14.4 Å². The van der Waals surface area contributed by atoms with Gasteiger partial charge in [0, 0.05) is 41.8 Å². The quantitative estimate of drug-likeness (QED) is 0.216. The third-order valence-corrected chi connectivity index (χ3v) is 7.71. The minimum Gasteiger partial charge on any atom is -0.361 e. The van der Waals surface area contributed by atoms with Gasteiger partial charge in [0.1, 0.15) is 6.04 Å². The first-order chi connectivity index (χ1) is 18.5. The van der Waals surface area contributed by atoms with Gasteiger partial charge in [0.2, 0.25) is 17.7 Å². The van der Waals surface area contributed by atoms with E-state index in [-0.39, 0.29) is 59.2 Å². The molecule has 3 atom stereocenters. The molecule has 0 aliphatic carbocycles. The number of aryl methyl sites for hydroxylation is 1. The molecule has 1 aromatic heterocycles. The summed E-state index contributed by atoms with van der Waals surface area (Å²) in [6.45, 7) is 14.6. The van der Waals surface area contributed by atoms with E-state index in [1.807, 2.05) is 84.7 Å². The van der Waals surface area contributed by atoms with Gasteiger partial charge in [-0.15, -0.1) is 24.3 Å². The van der Waals surface area contributed by atoms with Crippen LogP contribution in [0.4, 0.5) is 0 Å². The van der Waals surface area contributed by atoms with E-state index in [0.29, 0.717) is 32.4 Å². The Bertz CT molecular complexity index is 1100. The summed E-state index contributed by atoms with van der Waals surface area (Å²) in [6, 6.07) is 6.57. The van der Waals surface area contributed by atoms with Crippen molar-refractivity contribution in [3.05, 3.63) is 47.5 Å². The summed E-state index contributed by atoms with van der Waals surface area (Å²) in [6.07, 6.45) is 4.19. The number of nitrogens with zero attached hydrogens (tertiary/aromatic N) is 2. The van der Waals surface area contributed by atoms with Crippen LogP contribution in [0.1, 0.15) is 88.8 Å². The van der Waals surface area contributed by atoms with E-state index in [4.69, 9.17) is 5.73 Å². The summed E-state index contributed by atoms with van der Waals surface area (Å²) in [5.41, 5.74) is 9.95. The minimum absolute atomic E-state index is 0. The van der Waals surface area contributed by atoms with Gasteiger partial charge >= 0.3 is 0 Å². The number of unbranched alkanes of at least 4 members (excludes halogenated alkanes) is 1. The van der Waals surface area contributed by atoms with E-state index in [1.54, 1.807) is 16.2 Å². The molecule has 1 aliphatic rings. The minimum atomic E-state index is -0.722. The number of nitrogens with one attached hydrogen (secondary N) is 2. The number of rotatable bonds is 10. The van der Waals surface area contributed by atoms with Crippen molar-refractivity contribution in [2.24, 2.45) is 11.1 Å². The van der Waals surface area contributed by atoms with Crippen LogP contribution in [0.15, 0.2) is 29.8 Å². The molecule has 1 aromatic carbocycles. The summed E-state index contributed by atoms with van der Waals surface area (Å²) in [7, 11) is 0. The maximum atomic E-state index is 13.6. The van der Waals surface area contributed by atoms with Crippen molar-refractivity contribution in [3.8, 4) is 10.4 Å². The molecule has 1 aliphatic heterocycles. The van der Waals surface area contributed by atoms with Gasteiger partial charge in [0.25, 0.3) is 0 Å². The molecule has 0 spiro atoms. The molecule has 0 saturated carbocycles. The van der Waals surface area contributed by atoms with Gasteiger partial charge in [-0.1, -0.05) is 58.9 Å². The summed E-state index contributed by atoms with van der Waals surface area (Å²) < 4.78 is 0. The maximum absolute atomic E-state index is 13.6. The molecule has 1 saturated heterocycles. The second kappa shape index (κ2) is 17.3. The van der Waals surface area contributed by atoms with Crippen LogP contribution in [0.2, 0.25) is 0 Å². The normalized spacial score (nSPS) is 16.2. The summed E-state index contributed by atoms with van der Waals surface area (Å²) >= 11 is 1.61.